The zero-order chi connectivity index (χ0) is 13.3. The summed E-state index contributed by atoms with van der Waals surface area (Å²) in [4.78, 5) is 2.80. The lowest BCUT2D eigenvalue weighted by molar-refractivity contribution is 0.0369. The van der Waals surface area contributed by atoms with Gasteiger partial charge in [-0.15, -0.1) is 0 Å². The van der Waals surface area contributed by atoms with E-state index in [2.05, 4.69) is 44.8 Å². The van der Waals surface area contributed by atoms with Crippen molar-refractivity contribution in [3.05, 3.63) is 0 Å². The Morgan fingerprint density at radius 3 is 2.17 bits per heavy atom. The highest BCUT2D eigenvalue weighted by Gasteiger charge is 2.36. The standard InChI is InChI=1S/C16H32N2/c1-12-6-8-14(9-7-12)18-11-15(16(3,4)5)17-10-13(18)2/h12-15,17H,6-11H2,1-5H3. The van der Waals surface area contributed by atoms with Crippen LogP contribution in [0.2, 0.25) is 0 Å². The van der Waals surface area contributed by atoms with Gasteiger partial charge in [-0.3, -0.25) is 4.90 Å². The molecule has 0 radical (unpaired) electrons. The van der Waals surface area contributed by atoms with Crippen LogP contribution < -0.4 is 5.32 Å². The Labute approximate surface area is 114 Å². The van der Waals surface area contributed by atoms with Crippen molar-refractivity contribution in [1.82, 2.24) is 10.2 Å². The second kappa shape index (κ2) is 5.50. The largest absolute Gasteiger partial charge is 0.311 e. The van der Waals surface area contributed by atoms with Crippen molar-refractivity contribution in [3.8, 4) is 0 Å². The van der Waals surface area contributed by atoms with E-state index in [1.54, 1.807) is 0 Å². The van der Waals surface area contributed by atoms with Gasteiger partial charge in [-0.05, 0) is 43.9 Å². The molecule has 0 amide bonds. The number of rotatable bonds is 1. The lowest BCUT2D eigenvalue weighted by Crippen LogP contribution is -2.62. The Kier molecular flexibility index (Phi) is 4.38. The molecule has 2 heteroatoms. The maximum Gasteiger partial charge on any atom is 0.0244 e. The third kappa shape index (κ3) is 3.27. The molecular formula is C16H32N2. The number of nitrogens with one attached hydrogen (secondary N) is 1. The van der Waals surface area contributed by atoms with E-state index in [9.17, 15) is 0 Å². The third-order valence-corrected chi connectivity index (χ3v) is 5.12. The Balaban J connectivity index is 1.97. The fraction of sp³-hybridized carbons (Fsp3) is 1.00. The summed E-state index contributed by atoms with van der Waals surface area (Å²) in [5.41, 5.74) is 0.375. The number of nitrogens with zero attached hydrogens (tertiary/aromatic N) is 1. The third-order valence-electron chi connectivity index (χ3n) is 5.12. The van der Waals surface area contributed by atoms with E-state index < -0.39 is 0 Å². The van der Waals surface area contributed by atoms with E-state index in [-0.39, 0.29) is 0 Å². The molecule has 0 spiro atoms. The summed E-state index contributed by atoms with van der Waals surface area (Å²) in [5.74, 6) is 0.956. The molecule has 2 fully saturated rings. The molecule has 2 nitrogen and oxygen atoms in total. The van der Waals surface area contributed by atoms with Crippen LogP contribution in [0.1, 0.15) is 60.3 Å². The van der Waals surface area contributed by atoms with E-state index in [0.29, 0.717) is 17.5 Å². The molecule has 2 rings (SSSR count). The quantitative estimate of drug-likeness (QED) is 0.770. The van der Waals surface area contributed by atoms with Gasteiger partial charge in [0.25, 0.3) is 0 Å². The molecule has 2 unspecified atom stereocenters. The van der Waals surface area contributed by atoms with Crippen LogP contribution in [0.15, 0.2) is 0 Å². The monoisotopic (exact) mass is 252 g/mol. The maximum absolute atomic E-state index is 3.74. The van der Waals surface area contributed by atoms with Gasteiger partial charge in [-0.25, -0.2) is 0 Å². The summed E-state index contributed by atoms with van der Waals surface area (Å²) < 4.78 is 0. The lowest BCUT2D eigenvalue weighted by Gasteiger charge is -2.48. The highest BCUT2D eigenvalue weighted by molar-refractivity contribution is 4.93. The van der Waals surface area contributed by atoms with Crippen LogP contribution in [0.25, 0.3) is 0 Å². The fourth-order valence-corrected chi connectivity index (χ4v) is 3.55. The first-order chi connectivity index (χ1) is 8.38. The Morgan fingerprint density at radius 2 is 1.61 bits per heavy atom. The van der Waals surface area contributed by atoms with Gasteiger partial charge in [0.2, 0.25) is 0 Å². The summed E-state index contributed by atoms with van der Waals surface area (Å²) in [6, 6.07) is 2.21. The average molecular weight is 252 g/mol. The topological polar surface area (TPSA) is 15.3 Å². The first-order valence-corrected chi connectivity index (χ1v) is 7.87. The first-order valence-electron chi connectivity index (χ1n) is 7.87. The molecule has 0 bridgehead atoms. The van der Waals surface area contributed by atoms with Gasteiger partial charge in [0.05, 0.1) is 0 Å². The van der Waals surface area contributed by atoms with E-state index in [1.807, 2.05) is 0 Å². The zero-order valence-electron chi connectivity index (χ0n) is 13.0. The number of hydrogen-bond donors (Lipinski definition) is 1. The van der Waals surface area contributed by atoms with Gasteiger partial charge < -0.3 is 5.32 Å². The molecule has 18 heavy (non-hydrogen) atoms. The highest BCUT2D eigenvalue weighted by Crippen LogP contribution is 2.31. The molecule has 2 atom stereocenters. The first kappa shape index (κ1) is 14.3. The predicted molar refractivity (Wildman–Crippen MR) is 78.8 cm³/mol. The summed E-state index contributed by atoms with van der Waals surface area (Å²) >= 11 is 0. The maximum atomic E-state index is 3.74. The predicted octanol–water partition coefficient (Wildman–Crippen LogP) is 3.27. The van der Waals surface area contributed by atoms with Crippen molar-refractivity contribution >= 4 is 0 Å². The van der Waals surface area contributed by atoms with Crippen molar-refractivity contribution in [1.29, 1.82) is 0 Å². The van der Waals surface area contributed by atoms with Crippen molar-refractivity contribution < 1.29 is 0 Å². The molecule has 1 saturated heterocycles. The molecular weight excluding hydrogens is 220 g/mol. The summed E-state index contributed by atoms with van der Waals surface area (Å²) in [5, 5.41) is 3.74. The molecule has 1 saturated carbocycles. The minimum atomic E-state index is 0.375. The van der Waals surface area contributed by atoms with Gasteiger partial charge in [0, 0.05) is 31.2 Å². The minimum absolute atomic E-state index is 0.375. The van der Waals surface area contributed by atoms with E-state index in [1.165, 1.54) is 32.2 Å². The lowest BCUT2D eigenvalue weighted by atomic mass is 9.82. The molecule has 0 aromatic heterocycles. The van der Waals surface area contributed by atoms with Crippen LogP contribution in [0.5, 0.6) is 0 Å². The minimum Gasteiger partial charge on any atom is -0.311 e. The Morgan fingerprint density at radius 1 is 1.00 bits per heavy atom. The van der Waals surface area contributed by atoms with Gasteiger partial charge in [-0.2, -0.15) is 0 Å². The molecule has 1 aliphatic carbocycles. The second-order valence-corrected chi connectivity index (χ2v) is 7.79. The summed E-state index contributed by atoms with van der Waals surface area (Å²) in [7, 11) is 0. The van der Waals surface area contributed by atoms with E-state index in [4.69, 9.17) is 0 Å². The van der Waals surface area contributed by atoms with Crippen LogP contribution in [0, 0.1) is 11.3 Å². The van der Waals surface area contributed by atoms with Gasteiger partial charge in [0.1, 0.15) is 0 Å². The molecule has 0 aromatic carbocycles. The molecule has 1 N–H and O–H groups in total. The zero-order valence-corrected chi connectivity index (χ0v) is 13.0. The van der Waals surface area contributed by atoms with Gasteiger partial charge in [-0.1, -0.05) is 27.7 Å². The Hall–Kier alpha value is -0.0800. The van der Waals surface area contributed by atoms with Crippen LogP contribution >= 0.6 is 0 Å². The fourth-order valence-electron chi connectivity index (χ4n) is 3.55. The van der Waals surface area contributed by atoms with Crippen molar-refractivity contribution in [2.45, 2.75) is 78.4 Å². The number of piperazine rings is 1. The second-order valence-electron chi connectivity index (χ2n) is 7.79. The van der Waals surface area contributed by atoms with Crippen molar-refractivity contribution in [3.63, 3.8) is 0 Å². The van der Waals surface area contributed by atoms with E-state index in [0.717, 1.165) is 18.5 Å². The normalized spacial score (nSPS) is 39.8. The summed E-state index contributed by atoms with van der Waals surface area (Å²) in [6.07, 6.45) is 5.70. The molecule has 106 valence electrons. The van der Waals surface area contributed by atoms with Crippen LogP contribution in [0.4, 0.5) is 0 Å². The Bertz CT molecular complexity index is 261. The molecule has 2 aliphatic rings. The van der Waals surface area contributed by atoms with E-state index >= 15 is 0 Å². The van der Waals surface area contributed by atoms with Crippen LogP contribution in [0.3, 0.4) is 0 Å². The van der Waals surface area contributed by atoms with Crippen molar-refractivity contribution in [2.75, 3.05) is 13.1 Å². The smallest absolute Gasteiger partial charge is 0.0244 e. The average Bonchev–Trinajstić information content (AvgIpc) is 2.29. The molecule has 1 aliphatic heterocycles. The van der Waals surface area contributed by atoms with Crippen LogP contribution in [-0.2, 0) is 0 Å². The molecule has 0 aromatic rings. The van der Waals surface area contributed by atoms with Crippen molar-refractivity contribution in [2.24, 2.45) is 11.3 Å². The SMILES string of the molecule is CC1CCC(N2CC(C(C)(C)C)NCC2C)CC1. The van der Waals surface area contributed by atoms with Crippen LogP contribution in [-0.4, -0.2) is 36.1 Å². The van der Waals surface area contributed by atoms with Gasteiger partial charge >= 0.3 is 0 Å². The number of hydrogen-bond acceptors (Lipinski definition) is 2. The van der Waals surface area contributed by atoms with Gasteiger partial charge in [0.15, 0.2) is 0 Å². The highest BCUT2D eigenvalue weighted by atomic mass is 15.3. The summed E-state index contributed by atoms with van der Waals surface area (Å²) in [6.45, 7) is 14.3. The molecule has 1 heterocycles.